The molecule has 1 aromatic carbocycles. The van der Waals surface area contributed by atoms with Gasteiger partial charge in [0.1, 0.15) is 17.5 Å². The Hall–Kier alpha value is -3.83. The van der Waals surface area contributed by atoms with Gasteiger partial charge in [0.15, 0.2) is 6.10 Å². The molecular weight excluding hydrogens is 562 g/mol. The van der Waals surface area contributed by atoms with Crippen molar-refractivity contribution < 1.29 is 28.7 Å². The fraction of sp³-hybridized carbons (Fsp3) is 0.545. The van der Waals surface area contributed by atoms with Crippen LogP contribution in [-0.4, -0.2) is 71.6 Å². The summed E-state index contributed by atoms with van der Waals surface area (Å²) in [7, 11) is 0. The number of hydrogen-bond acceptors (Lipinski definition) is 8. The Kier molecular flexibility index (Phi) is 8.68. The Morgan fingerprint density at radius 3 is 2.48 bits per heavy atom. The molecule has 11 heteroatoms. The Morgan fingerprint density at radius 1 is 0.932 bits per heavy atom. The van der Waals surface area contributed by atoms with Crippen molar-refractivity contribution in [3.63, 3.8) is 0 Å². The molecular formula is C33H41N5O6. The van der Waals surface area contributed by atoms with Crippen LogP contribution in [0.3, 0.4) is 0 Å². The van der Waals surface area contributed by atoms with Gasteiger partial charge in [-0.2, -0.15) is 0 Å². The third kappa shape index (κ3) is 6.21. The van der Waals surface area contributed by atoms with Gasteiger partial charge in [0, 0.05) is 24.5 Å². The average Bonchev–Trinajstić information content (AvgIpc) is 3.01. The zero-order valence-corrected chi connectivity index (χ0v) is 25.3. The summed E-state index contributed by atoms with van der Waals surface area (Å²) < 4.78 is 11.8. The van der Waals surface area contributed by atoms with Crippen molar-refractivity contribution in [3.05, 3.63) is 47.7 Å². The molecule has 0 radical (unpaired) electrons. The molecule has 5 atom stereocenters. The first-order chi connectivity index (χ1) is 21.2. The van der Waals surface area contributed by atoms with Crippen molar-refractivity contribution in [2.45, 2.75) is 83.0 Å². The van der Waals surface area contributed by atoms with E-state index in [4.69, 9.17) is 14.5 Å². The number of ether oxygens (including phenoxy) is 2. The summed E-state index contributed by atoms with van der Waals surface area (Å²) in [5, 5.41) is 8.19. The molecule has 1 spiro atoms. The highest BCUT2D eigenvalue weighted by atomic mass is 16.6. The van der Waals surface area contributed by atoms with Crippen molar-refractivity contribution in [2.24, 2.45) is 11.3 Å². The number of aromatic nitrogens is 1. The first kappa shape index (κ1) is 30.2. The van der Waals surface area contributed by atoms with Crippen LogP contribution in [0.2, 0.25) is 0 Å². The lowest BCUT2D eigenvalue weighted by atomic mass is 9.79. The minimum Gasteiger partial charge on any atom is -0.451 e. The van der Waals surface area contributed by atoms with Gasteiger partial charge in [-0.15, -0.1) is 0 Å². The molecule has 4 aliphatic rings. The van der Waals surface area contributed by atoms with E-state index in [-0.39, 0.29) is 30.4 Å². The number of nitrogens with one attached hydrogen (secondary N) is 3. The number of nitrogens with zero attached hydrogens (tertiary/aromatic N) is 2. The number of rotatable bonds is 1. The molecule has 1 aromatic heterocycles. The zero-order chi connectivity index (χ0) is 30.8. The lowest BCUT2D eigenvalue weighted by Crippen LogP contribution is -2.61. The molecule has 11 nitrogen and oxygen atoms in total. The highest BCUT2D eigenvalue weighted by molar-refractivity contribution is 5.92. The number of pyridine rings is 1. The minimum atomic E-state index is -1.05. The van der Waals surface area contributed by atoms with Gasteiger partial charge < -0.3 is 20.1 Å². The van der Waals surface area contributed by atoms with E-state index in [0.717, 1.165) is 35.7 Å². The number of esters is 1. The van der Waals surface area contributed by atoms with E-state index in [0.29, 0.717) is 44.5 Å². The molecule has 234 valence electrons. The van der Waals surface area contributed by atoms with Crippen molar-refractivity contribution in [3.8, 4) is 0 Å². The number of amides is 3. The van der Waals surface area contributed by atoms with Crippen LogP contribution in [-0.2, 0) is 28.7 Å². The number of cyclic esters (lactones) is 1. The summed E-state index contributed by atoms with van der Waals surface area (Å²) >= 11 is 0. The summed E-state index contributed by atoms with van der Waals surface area (Å²) in [6, 6.07) is 7.90. The van der Waals surface area contributed by atoms with Gasteiger partial charge in [-0.05, 0) is 70.1 Å². The van der Waals surface area contributed by atoms with E-state index < -0.39 is 35.5 Å². The molecule has 3 fully saturated rings. The summed E-state index contributed by atoms with van der Waals surface area (Å²) in [5.74, 6) is -1.68. The molecule has 1 aliphatic carbocycles. The number of benzene rings is 1. The molecule has 2 saturated heterocycles. The van der Waals surface area contributed by atoms with Gasteiger partial charge in [0.05, 0.1) is 23.9 Å². The van der Waals surface area contributed by atoms with Gasteiger partial charge in [0.25, 0.3) is 11.8 Å². The average molecular weight is 604 g/mol. The summed E-state index contributed by atoms with van der Waals surface area (Å²) in [6.07, 6.45) is 7.61. The monoisotopic (exact) mass is 603 g/mol. The third-order valence-corrected chi connectivity index (χ3v) is 9.38. The largest absolute Gasteiger partial charge is 0.451 e. The lowest BCUT2D eigenvalue weighted by molar-refractivity contribution is -0.174. The predicted octanol–water partition coefficient (Wildman–Crippen LogP) is 2.95. The second-order valence-corrected chi connectivity index (χ2v) is 12.6. The third-order valence-electron chi connectivity index (χ3n) is 9.38. The maximum Gasteiger partial charge on any atom is 0.319 e. The van der Waals surface area contributed by atoms with Crippen LogP contribution in [0.4, 0.5) is 0 Å². The number of hydrazine groups is 1. The van der Waals surface area contributed by atoms with Gasteiger partial charge in [-0.3, -0.25) is 29.2 Å². The van der Waals surface area contributed by atoms with Crippen molar-refractivity contribution >= 4 is 40.7 Å². The van der Waals surface area contributed by atoms with E-state index in [1.807, 2.05) is 49.4 Å². The Balaban J connectivity index is 1.36. The molecule has 1 unspecified atom stereocenters. The lowest BCUT2D eigenvalue weighted by Gasteiger charge is -2.38. The SMILES string of the molecule is C[C@@H]1NC(=O)[C@H](C2CCC2)OC(=O)C2(/C=C/c3ccc4ccc(nc4c3)[C@@H](C)NC(=O)[C@@H]3CCCN(N3)C1=O)CCCOC2. The molecule has 1 saturated carbocycles. The number of hydrogen-bond donors (Lipinski definition) is 3. The first-order valence-electron chi connectivity index (χ1n) is 15.8. The molecule has 3 aliphatic heterocycles. The van der Waals surface area contributed by atoms with Crippen LogP contribution in [0, 0.1) is 11.3 Å². The molecule has 5 bridgehead atoms. The summed E-state index contributed by atoms with van der Waals surface area (Å²) in [6.45, 7) is 4.61. The maximum atomic E-state index is 13.9. The standard InChI is InChI=1S/C33H41N5O6/c1-20-25-12-11-23-10-9-22(18-27(23)36-25)13-15-33(14-5-17-43-19-33)32(42)44-28(24-6-3-7-24)30(40)35-21(2)31(41)38-16-4-8-26(37-38)29(39)34-20/h9-13,15,18,20-21,24,26,28,37H,3-8,14,16-17,19H2,1-2H3,(H,34,39)(H,35,40)/b15-13+/t20-,21+,26+,28+,33?/m1/s1. The van der Waals surface area contributed by atoms with Crippen molar-refractivity contribution in [2.75, 3.05) is 19.8 Å². The number of carbonyl (C=O) groups is 4. The molecule has 4 heterocycles. The van der Waals surface area contributed by atoms with Crippen LogP contribution in [0.25, 0.3) is 17.0 Å². The van der Waals surface area contributed by atoms with E-state index >= 15 is 0 Å². The smallest absolute Gasteiger partial charge is 0.319 e. The summed E-state index contributed by atoms with van der Waals surface area (Å²) in [4.78, 5) is 59.0. The zero-order valence-electron chi connectivity index (χ0n) is 25.3. The van der Waals surface area contributed by atoms with Crippen LogP contribution >= 0.6 is 0 Å². The van der Waals surface area contributed by atoms with Crippen LogP contribution in [0.15, 0.2) is 36.4 Å². The van der Waals surface area contributed by atoms with E-state index in [9.17, 15) is 19.2 Å². The highest BCUT2D eigenvalue weighted by Gasteiger charge is 2.45. The normalized spacial score (nSPS) is 31.6. The Labute approximate surface area is 257 Å². The fourth-order valence-electron chi connectivity index (χ4n) is 6.38. The van der Waals surface area contributed by atoms with Crippen molar-refractivity contribution in [1.29, 1.82) is 0 Å². The number of fused-ring (bicyclic) bond motifs is 4. The molecule has 44 heavy (non-hydrogen) atoms. The van der Waals surface area contributed by atoms with E-state index in [1.165, 1.54) is 5.01 Å². The highest BCUT2D eigenvalue weighted by Crippen LogP contribution is 2.37. The Morgan fingerprint density at radius 2 is 1.73 bits per heavy atom. The number of carbonyl (C=O) groups excluding carboxylic acids is 4. The van der Waals surface area contributed by atoms with Gasteiger partial charge in [-0.25, -0.2) is 5.43 Å². The second-order valence-electron chi connectivity index (χ2n) is 12.6. The van der Waals surface area contributed by atoms with Gasteiger partial charge >= 0.3 is 5.97 Å². The van der Waals surface area contributed by atoms with Crippen LogP contribution < -0.4 is 16.1 Å². The fourth-order valence-corrected chi connectivity index (χ4v) is 6.38. The van der Waals surface area contributed by atoms with E-state index in [2.05, 4.69) is 16.1 Å². The first-order valence-corrected chi connectivity index (χ1v) is 15.8. The minimum absolute atomic E-state index is 0.114. The topological polar surface area (TPSA) is 139 Å². The molecule has 3 amide bonds. The molecule has 3 N–H and O–H groups in total. The molecule has 6 rings (SSSR count). The van der Waals surface area contributed by atoms with Crippen LogP contribution in [0.5, 0.6) is 0 Å². The van der Waals surface area contributed by atoms with Gasteiger partial charge in [-0.1, -0.05) is 36.8 Å². The maximum absolute atomic E-state index is 13.9. The van der Waals surface area contributed by atoms with Gasteiger partial charge in [0.2, 0.25) is 5.91 Å². The van der Waals surface area contributed by atoms with Crippen LogP contribution in [0.1, 0.15) is 76.1 Å². The second kappa shape index (κ2) is 12.6. The Bertz CT molecular complexity index is 1470. The molecule has 2 aromatic rings. The predicted molar refractivity (Wildman–Crippen MR) is 163 cm³/mol. The quantitative estimate of drug-likeness (QED) is 0.423. The van der Waals surface area contributed by atoms with Crippen molar-refractivity contribution in [1.82, 2.24) is 26.1 Å². The van der Waals surface area contributed by atoms with E-state index in [1.54, 1.807) is 6.92 Å². The summed E-state index contributed by atoms with van der Waals surface area (Å²) in [5.41, 5.74) is 4.34.